The normalized spacial score (nSPS) is 22.6. The summed E-state index contributed by atoms with van der Waals surface area (Å²) in [6.45, 7) is 0. The predicted octanol–water partition coefficient (Wildman–Crippen LogP) is 3.85. The van der Waals surface area contributed by atoms with Crippen molar-refractivity contribution in [2.24, 2.45) is 5.92 Å². The standard InChI is InChI=1S/C14H28NOP/c16-12-14(15-17)11-13-9-7-5-3-1-2-4-6-8-10-13/h12-15H,1-11,17H2. The Morgan fingerprint density at radius 2 is 1.47 bits per heavy atom. The molecule has 0 heterocycles. The molecule has 0 aromatic heterocycles. The Hall–Kier alpha value is 0.0600. The van der Waals surface area contributed by atoms with Gasteiger partial charge in [-0.05, 0) is 12.3 Å². The van der Waals surface area contributed by atoms with Crippen molar-refractivity contribution in [3.63, 3.8) is 0 Å². The van der Waals surface area contributed by atoms with Crippen LogP contribution in [0.15, 0.2) is 0 Å². The van der Waals surface area contributed by atoms with Crippen molar-refractivity contribution in [1.29, 1.82) is 0 Å². The first-order chi connectivity index (χ1) is 8.36. The molecule has 2 unspecified atom stereocenters. The van der Waals surface area contributed by atoms with Crippen molar-refractivity contribution < 1.29 is 4.79 Å². The minimum absolute atomic E-state index is 0.0372. The molecule has 3 heteroatoms. The quantitative estimate of drug-likeness (QED) is 0.612. The average molecular weight is 257 g/mol. The summed E-state index contributed by atoms with van der Waals surface area (Å²) < 4.78 is 0. The van der Waals surface area contributed by atoms with Gasteiger partial charge in [-0.25, -0.2) is 0 Å². The summed E-state index contributed by atoms with van der Waals surface area (Å²) >= 11 is 0. The SMILES string of the molecule is O=CC(CC1CCCCCCCCCC1)NP. The Labute approximate surface area is 109 Å². The van der Waals surface area contributed by atoms with Gasteiger partial charge in [-0.3, -0.25) is 5.09 Å². The van der Waals surface area contributed by atoms with Gasteiger partial charge in [-0.15, -0.1) is 0 Å². The molecular formula is C14H28NOP. The monoisotopic (exact) mass is 257 g/mol. The molecule has 0 aliphatic heterocycles. The van der Waals surface area contributed by atoms with Crippen LogP contribution in [0.4, 0.5) is 0 Å². The van der Waals surface area contributed by atoms with Gasteiger partial charge in [-0.1, -0.05) is 73.6 Å². The summed E-state index contributed by atoms with van der Waals surface area (Å²) in [6.07, 6.45) is 15.9. The number of hydrogen-bond donors (Lipinski definition) is 1. The molecule has 17 heavy (non-hydrogen) atoms. The van der Waals surface area contributed by atoms with E-state index in [2.05, 4.69) is 14.5 Å². The number of aldehydes is 1. The van der Waals surface area contributed by atoms with Gasteiger partial charge in [0.05, 0.1) is 6.04 Å². The van der Waals surface area contributed by atoms with Crippen molar-refractivity contribution >= 4 is 15.7 Å². The Bertz CT molecular complexity index is 187. The van der Waals surface area contributed by atoms with Crippen LogP contribution in [0.25, 0.3) is 0 Å². The van der Waals surface area contributed by atoms with Gasteiger partial charge >= 0.3 is 0 Å². The molecule has 0 radical (unpaired) electrons. The zero-order valence-electron chi connectivity index (χ0n) is 11.0. The molecule has 1 rings (SSSR count). The summed E-state index contributed by atoms with van der Waals surface area (Å²) in [5, 5.41) is 3.02. The molecule has 1 saturated carbocycles. The Kier molecular flexibility index (Phi) is 8.92. The van der Waals surface area contributed by atoms with Gasteiger partial charge in [0.25, 0.3) is 0 Å². The van der Waals surface area contributed by atoms with Crippen LogP contribution in [0, 0.1) is 5.92 Å². The predicted molar refractivity (Wildman–Crippen MR) is 77.0 cm³/mol. The van der Waals surface area contributed by atoms with E-state index in [9.17, 15) is 4.79 Å². The lowest BCUT2D eigenvalue weighted by atomic mass is 9.90. The highest BCUT2D eigenvalue weighted by molar-refractivity contribution is 7.13. The zero-order valence-corrected chi connectivity index (χ0v) is 12.2. The van der Waals surface area contributed by atoms with E-state index in [1.807, 2.05) is 0 Å². The van der Waals surface area contributed by atoms with E-state index in [1.165, 1.54) is 64.2 Å². The number of nitrogens with one attached hydrogen (secondary N) is 1. The lowest BCUT2D eigenvalue weighted by molar-refractivity contribution is -0.109. The van der Waals surface area contributed by atoms with Crippen LogP contribution in [0.2, 0.25) is 0 Å². The van der Waals surface area contributed by atoms with E-state index in [0.29, 0.717) is 0 Å². The second-order valence-electron chi connectivity index (χ2n) is 5.42. The van der Waals surface area contributed by atoms with Crippen molar-refractivity contribution in [3.05, 3.63) is 0 Å². The Morgan fingerprint density at radius 1 is 1.00 bits per heavy atom. The number of rotatable bonds is 4. The molecule has 0 spiro atoms. The van der Waals surface area contributed by atoms with E-state index in [0.717, 1.165) is 18.6 Å². The highest BCUT2D eigenvalue weighted by atomic mass is 31.0. The average Bonchev–Trinajstić information content (AvgIpc) is 2.41. The number of hydrogen-bond acceptors (Lipinski definition) is 2. The number of carbonyl (C=O) groups is 1. The first kappa shape index (κ1) is 15.1. The molecule has 0 aromatic rings. The van der Waals surface area contributed by atoms with Crippen LogP contribution in [0.5, 0.6) is 0 Å². The lowest BCUT2D eigenvalue weighted by Crippen LogP contribution is -2.25. The molecule has 2 nitrogen and oxygen atoms in total. The van der Waals surface area contributed by atoms with E-state index in [4.69, 9.17) is 0 Å². The van der Waals surface area contributed by atoms with Gasteiger partial charge in [0.15, 0.2) is 0 Å². The van der Waals surface area contributed by atoms with Crippen LogP contribution < -0.4 is 5.09 Å². The van der Waals surface area contributed by atoms with Gasteiger partial charge < -0.3 is 4.79 Å². The maximum absolute atomic E-state index is 10.9. The van der Waals surface area contributed by atoms with Gasteiger partial charge in [-0.2, -0.15) is 0 Å². The molecule has 1 N–H and O–H groups in total. The fraction of sp³-hybridized carbons (Fsp3) is 0.929. The summed E-state index contributed by atoms with van der Waals surface area (Å²) in [4.78, 5) is 10.9. The first-order valence-electron chi connectivity index (χ1n) is 7.28. The van der Waals surface area contributed by atoms with Crippen LogP contribution >= 0.6 is 9.39 Å². The van der Waals surface area contributed by atoms with Crippen LogP contribution in [0.3, 0.4) is 0 Å². The highest BCUT2D eigenvalue weighted by Gasteiger charge is 2.14. The third kappa shape index (κ3) is 7.16. The molecule has 1 aliphatic carbocycles. The fourth-order valence-corrected chi connectivity index (χ4v) is 3.04. The molecule has 1 fully saturated rings. The Morgan fingerprint density at radius 3 is 1.88 bits per heavy atom. The van der Waals surface area contributed by atoms with Crippen molar-refractivity contribution in [2.45, 2.75) is 76.7 Å². The third-order valence-electron chi connectivity index (χ3n) is 3.94. The van der Waals surface area contributed by atoms with Gasteiger partial charge in [0.1, 0.15) is 6.29 Å². The third-order valence-corrected chi connectivity index (χ3v) is 4.37. The molecule has 2 atom stereocenters. The summed E-state index contributed by atoms with van der Waals surface area (Å²) in [5.41, 5.74) is 0. The van der Waals surface area contributed by atoms with E-state index in [1.54, 1.807) is 0 Å². The molecule has 0 amide bonds. The molecule has 0 aromatic carbocycles. The maximum atomic E-state index is 10.9. The highest BCUT2D eigenvalue weighted by Crippen LogP contribution is 2.24. The maximum Gasteiger partial charge on any atom is 0.137 e. The minimum Gasteiger partial charge on any atom is -0.302 e. The van der Waals surface area contributed by atoms with Gasteiger partial charge in [0.2, 0.25) is 0 Å². The molecule has 0 bridgehead atoms. The lowest BCUT2D eigenvalue weighted by Gasteiger charge is -2.19. The van der Waals surface area contributed by atoms with E-state index in [-0.39, 0.29) is 6.04 Å². The molecule has 100 valence electrons. The largest absolute Gasteiger partial charge is 0.302 e. The molecule has 0 saturated heterocycles. The fourth-order valence-electron chi connectivity index (χ4n) is 2.83. The smallest absolute Gasteiger partial charge is 0.137 e. The van der Waals surface area contributed by atoms with Crippen molar-refractivity contribution in [2.75, 3.05) is 0 Å². The van der Waals surface area contributed by atoms with Crippen LogP contribution in [-0.4, -0.2) is 12.3 Å². The minimum atomic E-state index is 0.0372. The van der Waals surface area contributed by atoms with Gasteiger partial charge in [0, 0.05) is 0 Å². The second-order valence-corrected chi connectivity index (χ2v) is 5.75. The second kappa shape index (κ2) is 10.0. The van der Waals surface area contributed by atoms with Crippen LogP contribution in [0.1, 0.15) is 70.6 Å². The first-order valence-corrected chi connectivity index (χ1v) is 7.86. The summed E-state index contributed by atoms with van der Waals surface area (Å²) in [7, 11) is 2.47. The molecule has 1 aliphatic rings. The topological polar surface area (TPSA) is 29.1 Å². The summed E-state index contributed by atoms with van der Waals surface area (Å²) in [5.74, 6) is 0.747. The number of carbonyl (C=O) groups excluding carboxylic acids is 1. The summed E-state index contributed by atoms with van der Waals surface area (Å²) in [6, 6.07) is 0.0372. The van der Waals surface area contributed by atoms with Crippen molar-refractivity contribution in [3.8, 4) is 0 Å². The van der Waals surface area contributed by atoms with Crippen LogP contribution in [-0.2, 0) is 4.79 Å². The zero-order chi connectivity index (χ0) is 12.3. The van der Waals surface area contributed by atoms with E-state index >= 15 is 0 Å². The van der Waals surface area contributed by atoms with E-state index < -0.39 is 0 Å². The Balaban J connectivity index is 2.33. The van der Waals surface area contributed by atoms with Crippen molar-refractivity contribution in [1.82, 2.24) is 5.09 Å². The molecular weight excluding hydrogens is 229 g/mol.